The van der Waals surface area contributed by atoms with Crippen LogP contribution in [0.15, 0.2) is 23.1 Å². The molecule has 0 unspecified atom stereocenters. The topological polar surface area (TPSA) is 97.5 Å². The van der Waals surface area contributed by atoms with Crippen LogP contribution in [0.5, 0.6) is 0 Å². The minimum Gasteiger partial charge on any atom is -0.341 e. The van der Waals surface area contributed by atoms with Crippen LogP contribution in [0.25, 0.3) is 0 Å². The molecule has 1 aliphatic heterocycles. The molecule has 1 aromatic heterocycles. The number of amides is 1. The van der Waals surface area contributed by atoms with Crippen molar-refractivity contribution in [3.63, 3.8) is 0 Å². The number of pyridine rings is 1. The van der Waals surface area contributed by atoms with Gasteiger partial charge in [0.15, 0.2) is 0 Å². The van der Waals surface area contributed by atoms with E-state index >= 15 is 0 Å². The molecule has 9 heteroatoms. The number of hydrogen-bond donors (Lipinski definition) is 1. The average molecular weight is 371 g/mol. The Morgan fingerprint density at radius 1 is 1.24 bits per heavy atom. The van der Waals surface area contributed by atoms with E-state index in [9.17, 15) is 19.7 Å². The molecule has 2 fully saturated rings. The Morgan fingerprint density at radius 2 is 1.92 bits per heavy atom. The highest BCUT2D eigenvalue weighted by Crippen LogP contribution is 2.28. The molecule has 1 saturated carbocycles. The van der Waals surface area contributed by atoms with Gasteiger partial charge in [-0.05, 0) is 38.1 Å². The lowest BCUT2D eigenvalue weighted by Crippen LogP contribution is -2.46. The van der Waals surface area contributed by atoms with E-state index in [0.717, 1.165) is 48.2 Å². The summed E-state index contributed by atoms with van der Waals surface area (Å²) in [4.78, 5) is 36.1. The number of carbonyl (C=O) groups excluding carboxylic acids is 1. The van der Waals surface area contributed by atoms with Crippen LogP contribution in [0.1, 0.15) is 25.7 Å². The van der Waals surface area contributed by atoms with Crippen LogP contribution in [0.2, 0.25) is 0 Å². The maximum Gasteiger partial charge on any atom is 0.285 e. The Kier molecular flexibility index (Phi) is 6.55. The first-order chi connectivity index (χ1) is 11.5. The van der Waals surface area contributed by atoms with Crippen LogP contribution in [0, 0.1) is 16.0 Å². The number of hydrogen-bond acceptors (Lipinski definition) is 5. The molecule has 3 rings (SSSR count). The quantitative estimate of drug-likeness (QED) is 0.598. The molecule has 1 N–H and O–H groups in total. The minimum atomic E-state index is -0.572. The average Bonchev–Trinajstić information content (AvgIpc) is 3.39. The zero-order valence-electron chi connectivity index (χ0n) is 13.9. The maximum absolute atomic E-state index is 12.4. The number of piperidine rings is 1. The second-order valence-corrected chi connectivity index (χ2v) is 6.62. The van der Waals surface area contributed by atoms with Crippen LogP contribution in [-0.4, -0.2) is 46.0 Å². The summed E-state index contributed by atoms with van der Waals surface area (Å²) in [6.45, 7) is 2.23. The molecule has 25 heavy (non-hydrogen) atoms. The van der Waals surface area contributed by atoms with Gasteiger partial charge in [-0.1, -0.05) is 0 Å². The smallest absolute Gasteiger partial charge is 0.285 e. The van der Waals surface area contributed by atoms with Gasteiger partial charge in [0, 0.05) is 31.3 Å². The van der Waals surface area contributed by atoms with E-state index in [1.54, 1.807) is 4.90 Å². The summed E-state index contributed by atoms with van der Waals surface area (Å²) in [5.74, 6) is 0.670. The molecular formula is C16H23ClN4O4. The van der Waals surface area contributed by atoms with Crippen LogP contribution in [0.4, 0.5) is 5.69 Å². The van der Waals surface area contributed by atoms with Crippen molar-refractivity contribution in [2.45, 2.75) is 38.3 Å². The van der Waals surface area contributed by atoms with Crippen LogP contribution in [0.3, 0.4) is 0 Å². The zero-order chi connectivity index (χ0) is 17.1. The lowest BCUT2D eigenvalue weighted by molar-refractivity contribution is -0.385. The normalized spacial score (nSPS) is 17.8. The van der Waals surface area contributed by atoms with Gasteiger partial charge in [-0.15, -0.1) is 12.4 Å². The van der Waals surface area contributed by atoms with Gasteiger partial charge in [0.2, 0.25) is 5.91 Å². The van der Waals surface area contributed by atoms with Crippen molar-refractivity contribution in [1.29, 1.82) is 0 Å². The molecule has 2 heterocycles. The van der Waals surface area contributed by atoms with Crippen LogP contribution in [-0.2, 0) is 11.3 Å². The van der Waals surface area contributed by atoms with E-state index in [2.05, 4.69) is 5.32 Å². The lowest BCUT2D eigenvalue weighted by Gasteiger charge is -2.32. The van der Waals surface area contributed by atoms with Gasteiger partial charge in [-0.3, -0.25) is 24.3 Å². The first-order valence-corrected chi connectivity index (χ1v) is 8.39. The third-order valence-corrected chi connectivity index (χ3v) is 4.72. The number of halogens is 1. The summed E-state index contributed by atoms with van der Waals surface area (Å²) >= 11 is 0. The van der Waals surface area contributed by atoms with E-state index in [1.165, 1.54) is 12.8 Å². The van der Waals surface area contributed by atoms with Crippen LogP contribution < -0.4 is 10.9 Å². The first-order valence-electron chi connectivity index (χ1n) is 8.39. The number of carbonyl (C=O) groups is 1. The van der Waals surface area contributed by atoms with Crippen molar-refractivity contribution in [1.82, 2.24) is 14.8 Å². The molecule has 0 atom stereocenters. The van der Waals surface area contributed by atoms with Crippen molar-refractivity contribution < 1.29 is 9.72 Å². The number of nitrogens with one attached hydrogen (secondary N) is 1. The Hall–Kier alpha value is -1.93. The minimum absolute atomic E-state index is 0. The molecule has 2 aliphatic rings. The summed E-state index contributed by atoms with van der Waals surface area (Å²) in [5, 5.41) is 14.3. The zero-order valence-corrected chi connectivity index (χ0v) is 14.7. The Bertz CT molecular complexity index is 681. The standard InChI is InChI=1S/C16H22N4O4.ClH/c21-15-4-3-14(20(23)24)10-19(15)11-16(22)18-7-5-13(6-8-18)17-9-12-1-2-12;/h3-4,10,12-13,17H,1-2,5-9,11H2;1H. The van der Waals surface area contributed by atoms with E-state index in [4.69, 9.17) is 0 Å². The van der Waals surface area contributed by atoms with E-state index in [0.29, 0.717) is 19.1 Å². The van der Waals surface area contributed by atoms with Gasteiger partial charge in [0.1, 0.15) is 6.54 Å². The number of aromatic nitrogens is 1. The third kappa shape index (κ3) is 5.27. The highest BCUT2D eigenvalue weighted by molar-refractivity contribution is 5.85. The van der Waals surface area contributed by atoms with Gasteiger partial charge in [-0.2, -0.15) is 0 Å². The predicted molar refractivity (Wildman–Crippen MR) is 94.9 cm³/mol. The van der Waals surface area contributed by atoms with E-state index < -0.39 is 10.5 Å². The van der Waals surface area contributed by atoms with E-state index in [-0.39, 0.29) is 30.5 Å². The number of nitro groups is 1. The SMILES string of the molecule is Cl.O=C(Cn1cc([N+](=O)[O-])ccc1=O)N1CCC(NCC2CC2)CC1. The van der Waals surface area contributed by atoms with Crippen molar-refractivity contribution in [2.24, 2.45) is 5.92 Å². The molecule has 1 saturated heterocycles. The van der Waals surface area contributed by atoms with Gasteiger partial charge in [-0.25, -0.2) is 0 Å². The number of nitrogens with zero attached hydrogens (tertiary/aromatic N) is 3. The summed E-state index contributed by atoms with van der Waals surface area (Å²) < 4.78 is 1.11. The molecular weight excluding hydrogens is 348 g/mol. The summed E-state index contributed by atoms with van der Waals surface area (Å²) in [7, 11) is 0. The van der Waals surface area contributed by atoms with Crippen molar-refractivity contribution in [3.8, 4) is 0 Å². The highest BCUT2D eigenvalue weighted by Gasteiger charge is 2.26. The lowest BCUT2D eigenvalue weighted by atomic mass is 10.0. The highest BCUT2D eigenvalue weighted by atomic mass is 35.5. The second-order valence-electron chi connectivity index (χ2n) is 6.62. The van der Waals surface area contributed by atoms with Crippen molar-refractivity contribution >= 4 is 24.0 Å². The molecule has 0 spiro atoms. The summed E-state index contributed by atoms with van der Waals surface area (Å²) in [6, 6.07) is 2.73. The number of rotatable bonds is 6. The molecule has 8 nitrogen and oxygen atoms in total. The second kappa shape index (κ2) is 8.44. The van der Waals surface area contributed by atoms with Crippen molar-refractivity contribution in [2.75, 3.05) is 19.6 Å². The molecule has 138 valence electrons. The fourth-order valence-electron chi connectivity index (χ4n) is 2.98. The molecule has 0 aromatic carbocycles. The molecule has 0 bridgehead atoms. The van der Waals surface area contributed by atoms with Gasteiger partial charge in [0.25, 0.3) is 11.2 Å². The molecule has 1 amide bonds. The Morgan fingerprint density at radius 3 is 2.52 bits per heavy atom. The predicted octanol–water partition coefficient (Wildman–Crippen LogP) is 1.17. The number of likely N-dealkylation sites (tertiary alicyclic amines) is 1. The van der Waals surface area contributed by atoms with Gasteiger partial charge in [0.05, 0.1) is 11.1 Å². The van der Waals surface area contributed by atoms with E-state index in [1.807, 2.05) is 0 Å². The van der Waals surface area contributed by atoms with Crippen LogP contribution >= 0.6 is 12.4 Å². The third-order valence-electron chi connectivity index (χ3n) is 4.72. The van der Waals surface area contributed by atoms with Gasteiger partial charge >= 0.3 is 0 Å². The summed E-state index contributed by atoms with van der Waals surface area (Å²) in [5.41, 5.74) is -0.597. The molecule has 1 aromatic rings. The van der Waals surface area contributed by atoms with Gasteiger partial charge < -0.3 is 10.2 Å². The maximum atomic E-state index is 12.4. The Labute approximate surface area is 151 Å². The fraction of sp³-hybridized carbons (Fsp3) is 0.625. The summed E-state index contributed by atoms with van der Waals surface area (Å²) in [6.07, 6.45) is 5.58. The largest absolute Gasteiger partial charge is 0.341 e. The molecule has 1 aliphatic carbocycles. The first kappa shape index (κ1) is 19.4. The monoisotopic (exact) mass is 370 g/mol. The molecule has 0 radical (unpaired) electrons. The Balaban J connectivity index is 0.00000225. The fourth-order valence-corrected chi connectivity index (χ4v) is 2.98. The van der Waals surface area contributed by atoms with Crippen molar-refractivity contribution in [3.05, 3.63) is 38.8 Å².